The maximum Gasteiger partial charge on any atom is 0.127 e. The standard InChI is InChI=1S/C19H29N3O2/c1-5-9-23-17-7-8-18(19(11-17)24-10-6-2)15(3)20-12-16-13-22(4)14-21-16/h7-8,11,13-15,20H,5-6,9-10,12H2,1-4H3. The van der Waals surface area contributed by atoms with E-state index in [0.29, 0.717) is 6.61 Å². The molecule has 1 unspecified atom stereocenters. The highest BCUT2D eigenvalue weighted by atomic mass is 16.5. The highest BCUT2D eigenvalue weighted by Crippen LogP contribution is 2.30. The number of aryl methyl sites for hydroxylation is 1. The van der Waals surface area contributed by atoms with Gasteiger partial charge in [0.15, 0.2) is 0 Å². The van der Waals surface area contributed by atoms with Crippen LogP contribution < -0.4 is 14.8 Å². The maximum absolute atomic E-state index is 5.94. The molecule has 0 fully saturated rings. The summed E-state index contributed by atoms with van der Waals surface area (Å²) < 4.78 is 13.6. The first-order chi connectivity index (χ1) is 11.6. The van der Waals surface area contributed by atoms with E-state index in [-0.39, 0.29) is 6.04 Å². The summed E-state index contributed by atoms with van der Waals surface area (Å²) in [4.78, 5) is 4.35. The van der Waals surface area contributed by atoms with Gasteiger partial charge in [0.2, 0.25) is 0 Å². The zero-order valence-corrected chi connectivity index (χ0v) is 15.2. The lowest BCUT2D eigenvalue weighted by atomic mass is 10.1. The summed E-state index contributed by atoms with van der Waals surface area (Å²) in [6.45, 7) is 8.51. The Bertz CT molecular complexity index is 625. The fraction of sp³-hybridized carbons (Fsp3) is 0.526. The Kier molecular flexibility index (Phi) is 7.12. The Morgan fingerprint density at radius 1 is 1.17 bits per heavy atom. The normalized spacial score (nSPS) is 12.2. The van der Waals surface area contributed by atoms with Crippen LogP contribution in [0.2, 0.25) is 0 Å². The molecule has 1 aromatic heterocycles. The summed E-state index contributed by atoms with van der Waals surface area (Å²) in [5.41, 5.74) is 2.17. The minimum atomic E-state index is 0.166. The fourth-order valence-electron chi connectivity index (χ4n) is 2.44. The monoisotopic (exact) mass is 331 g/mol. The van der Waals surface area contributed by atoms with Crippen molar-refractivity contribution in [2.45, 2.75) is 46.2 Å². The number of benzene rings is 1. The molecule has 5 heteroatoms. The first-order valence-corrected chi connectivity index (χ1v) is 8.73. The van der Waals surface area contributed by atoms with Crippen molar-refractivity contribution in [1.82, 2.24) is 14.9 Å². The summed E-state index contributed by atoms with van der Waals surface area (Å²) in [6, 6.07) is 6.27. The molecule has 5 nitrogen and oxygen atoms in total. The van der Waals surface area contributed by atoms with E-state index in [9.17, 15) is 0 Å². The van der Waals surface area contributed by atoms with Crippen LogP contribution in [0.5, 0.6) is 11.5 Å². The highest BCUT2D eigenvalue weighted by molar-refractivity contribution is 5.42. The van der Waals surface area contributed by atoms with Crippen molar-refractivity contribution < 1.29 is 9.47 Å². The fourth-order valence-corrected chi connectivity index (χ4v) is 2.44. The Labute approximate surface area is 145 Å². The van der Waals surface area contributed by atoms with E-state index in [1.807, 2.05) is 36.3 Å². The first kappa shape index (κ1) is 18.3. The number of ether oxygens (including phenoxy) is 2. The highest BCUT2D eigenvalue weighted by Gasteiger charge is 2.13. The molecule has 0 radical (unpaired) electrons. The van der Waals surface area contributed by atoms with Gasteiger partial charge in [-0.25, -0.2) is 4.98 Å². The van der Waals surface area contributed by atoms with E-state index >= 15 is 0 Å². The maximum atomic E-state index is 5.94. The van der Waals surface area contributed by atoms with Gasteiger partial charge in [-0.2, -0.15) is 0 Å². The molecule has 0 aliphatic rings. The van der Waals surface area contributed by atoms with Crippen LogP contribution in [0, 0.1) is 0 Å². The molecule has 0 aliphatic heterocycles. The molecule has 0 bridgehead atoms. The van der Waals surface area contributed by atoms with E-state index < -0.39 is 0 Å². The molecule has 0 aliphatic carbocycles. The summed E-state index contributed by atoms with van der Waals surface area (Å²) in [7, 11) is 1.98. The predicted molar refractivity (Wildman–Crippen MR) is 96.5 cm³/mol. The second kappa shape index (κ2) is 9.33. The van der Waals surface area contributed by atoms with Crippen LogP contribution in [0.1, 0.15) is 50.9 Å². The number of imidazole rings is 1. The molecule has 2 rings (SSSR count). The Hall–Kier alpha value is -2.01. The largest absolute Gasteiger partial charge is 0.493 e. The summed E-state index contributed by atoms with van der Waals surface area (Å²) >= 11 is 0. The number of hydrogen-bond acceptors (Lipinski definition) is 4. The molecular weight excluding hydrogens is 302 g/mol. The molecule has 1 atom stereocenters. The minimum absolute atomic E-state index is 0.166. The lowest BCUT2D eigenvalue weighted by Gasteiger charge is -2.19. The van der Waals surface area contributed by atoms with Crippen LogP contribution in [0.15, 0.2) is 30.7 Å². The van der Waals surface area contributed by atoms with Crippen LogP contribution in [-0.4, -0.2) is 22.8 Å². The second-order valence-corrected chi connectivity index (χ2v) is 6.03. The van der Waals surface area contributed by atoms with Gasteiger partial charge in [-0.15, -0.1) is 0 Å². The van der Waals surface area contributed by atoms with Crippen LogP contribution in [0.3, 0.4) is 0 Å². The van der Waals surface area contributed by atoms with E-state index in [0.717, 1.165) is 48.7 Å². The third kappa shape index (κ3) is 5.27. The van der Waals surface area contributed by atoms with Crippen LogP contribution in [-0.2, 0) is 13.6 Å². The van der Waals surface area contributed by atoms with E-state index in [1.54, 1.807) is 0 Å². The Morgan fingerprint density at radius 2 is 1.92 bits per heavy atom. The zero-order chi connectivity index (χ0) is 17.4. The Balaban J connectivity index is 2.07. The lowest BCUT2D eigenvalue weighted by molar-refractivity contribution is 0.297. The predicted octanol–water partition coefficient (Wildman–Crippen LogP) is 3.85. The third-order valence-electron chi connectivity index (χ3n) is 3.73. The number of rotatable bonds is 10. The average molecular weight is 331 g/mol. The van der Waals surface area contributed by atoms with E-state index in [4.69, 9.17) is 9.47 Å². The van der Waals surface area contributed by atoms with Gasteiger partial charge in [-0.3, -0.25) is 0 Å². The molecule has 132 valence electrons. The molecule has 24 heavy (non-hydrogen) atoms. The quantitative estimate of drug-likeness (QED) is 0.718. The van der Waals surface area contributed by atoms with Crippen molar-refractivity contribution in [3.63, 3.8) is 0 Å². The topological polar surface area (TPSA) is 48.3 Å². The minimum Gasteiger partial charge on any atom is -0.493 e. The number of nitrogens with one attached hydrogen (secondary N) is 1. The molecular formula is C19H29N3O2. The van der Waals surface area contributed by atoms with Crippen LogP contribution in [0.25, 0.3) is 0 Å². The summed E-state index contributed by atoms with van der Waals surface area (Å²) in [5.74, 6) is 1.76. The molecule has 1 N–H and O–H groups in total. The molecule has 0 spiro atoms. The first-order valence-electron chi connectivity index (χ1n) is 8.73. The van der Waals surface area contributed by atoms with Gasteiger partial charge in [0, 0.05) is 37.5 Å². The molecule has 1 aromatic carbocycles. The van der Waals surface area contributed by atoms with Crippen LogP contribution >= 0.6 is 0 Å². The number of aromatic nitrogens is 2. The van der Waals surface area contributed by atoms with Crippen molar-refractivity contribution in [3.8, 4) is 11.5 Å². The molecule has 0 amide bonds. The molecule has 1 heterocycles. The number of hydrogen-bond donors (Lipinski definition) is 1. The van der Waals surface area contributed by atoms with Gasteiger partial charge >= 0.3 is 0 Å². The molecule has 2 aromatic rings. The third-order valence-corrected chi connectivity index (χ3v) is 3.73. The van der Waals surface area contributed by atoms with Crippen molar-refractivity contribution in [3.05, 3.63) is 42.0 Å². The van der Waals surface area contributed by atoms with Gasteiger partial charge < -0.3 is 19.4 Å². The zero-order valence-electron chi connectivity index (χ0n) is 15.2. The van der Waals surface area contributed by atoms with Crippen molar-refractivity contribution in [2.24, 2.45) is 7.05 Å². The SMILES string of the molecule is CCCOc1ccc(C(C)NCc2cn(C)cn2)c(OCCC)c1. The van der Waals surface area contributed by atoms with Crippen molar-refractivity contribution in [1.29, 1.82) is 0 Å². The molecule has 0 saturated carbocycles. The van der Waals surface area contributed by atoms with Gasteiger partial charge in [-0.05, 0) is 25.8 Å². The summed E-state index contributed by atoms with van der Waals surface area (Å²) in [5, 5.41) is 3.51. The Morgan fingerprint density at radius 3 is 2.58 bits per heavy atom. The van der Waals surface area contributed by atoms with Gasteiger partial charge in [0.1, 0.15) is 11.5 Å². The van der Waals surface area contributed by atoms with Crippen molar-refractivity contribution in [2.75, 3.05) is 13.2 Å². The lowest BCUT2D eigenvalue weighted by Crippen LogP contribution is -2.19. The van der Waals surface area contributed by atoms with Crippen LogP contribution in [0.4, 0.5) is 0 Å². The summed E-state index contributed by atoms with van der Waals surface area (Å²) in [6.07, 6.45) is 5.82. The second-order valence-electron chi connectivity index (χ2n) is 6.03. The van der Waals surface area contributed by atoms with Gasteiger partial charge in [-0.1, -0.05) is 19.9 Å². The smallest absolute Gasteiger partial charge is 0.127 e. The van der Waals surface area contributed by atoms with E-state index in [2.05, 4.69) is 37.1 Å². The number of nitrogens with zero attached hydrogens (tertiary/aromatic N) is 2. The van der Waals surface area contributed by atoms with Crippen molar-refractivity contribution >= 4 is 0 Å². The average Bonchev–Trinajstić information content (AvgIpc) is 3.01. The van der Waals surface area contributed by atoms with Gasteiger partial charge in [0.05, 0.1) is 25.2 Å². The molecule has 0 saturated heterocycles. The van der Waals surface area contributed by atoms with E-state index in [1.165, 1.54) is 0 Å². The van der Waals surface area contributed by atoms with Gasteiger partial charge in [0.25, 0.3) is 0 Å².